The van der Waals surface area contributed by atoms with Gasteiger partial charge in [0.25, 0.3) is 0 Å². The number of alkyl halides is 6. The van der Waals surface area contributed by atoms with Crippen LogP contribution in [-0.4, -0.2) is 23.2 Å². The lowest BCUT2D eigenvalue weighted by molar-refractivity contribution is -0.270. The predicted octanol–water partition coefficient (Wildman–Crippen LogP) is 2.26. The summed E-state index contributed by atoms with van der Waals surface area (Å²) in [4.78, 5) is 0. The molecule has 2 nitrogen and oxygen atoms in total. The molecule has 98 valence electrons. The fourth-order valence-corrected chi connectivity index (χ4v) is 1.44. The fourth-order valence-electron chi connectivity index (χ4n) is 1.44. The maximum Gasteiger partial charge on any atom is 0.404 e. The predicted molar refractivity (Wildman–Crippen MR) is 46.6 cm³/mol. The normalized spacial score (nSPS) is 26.3. The first-order chi connectivity index (χ1) is 7.43. The van der Waals surface area contributed by atoms with E-state index in [4.69, 9.17) is 10.8 Å². The average molecular weight is 261 g/mol. The summed E-state index contributed by atoms with van der Waals surface area (Å²) in [5.74, 6) is -3.55. The van der Waals surface area contributed by atoms with Crippen LogP contribution in [0.4, 0.5) is 26.3 Å². The van der Waals surface area contributed by atoms with Gasteiger partial charge in [0.15, 0.2) is 5.92 Å². The highest BCUT2D eigenvalue weighted by molar-refractivity contribution is 5.31. The molecule has 0 aromatic rings. The van der Waals surface area contributed by atoms with Gasteiger partial charge in [-0.15, -0.1) is 0 Å². The Kier molecular flexibility index (Phi) is 3.32. The quantitative estimate of drug-likeness (QED) is 0.561. The van der Waals surface area contributed by atoms with Crippen molar-refractivity contribution < 1.29 is 31.4 Å². The van der Waals surface area contributed by atoms with Crippen LogP contribution in [0.25, 0.3) is 0 Å². The second-order valence-corrected chi connectivity index (χ2v) is 3.75. The molecule has 0 aromatic carbocycles. The number of nitrogens with two attached hydrogens (primary N) is 1. The van der Waals surface area contributed by atoms with Crippen LogP contribution in [0.1, 0.15) is 6.42 Å². The van der Waals surface area contributed by atoms with Crippen LogP contribution in [0.5, 0.6) is 0 Å². The molecule has 0 radical (unpaired) electrons. The molecule has 1 rings (SSSR count). The maximum absolute atomic E-state index is 12.3. The van der Waals surface area contributed by atoms with Crippen molar-refractivity contribution in [2.45, 2.75) is 24.5 Å². The van der Waals surface area contributed by atoms with Crippen LogP contribution in [0, 0.1) is 5.92 Å². The van der Waals surface area contributed by atoms with Gasteiger partial charge in [-0.3, -0.25) is 0 Å². The van der Waals surface area contributed by atoms with Crippen molar-refractivity contribution in [2.24, 2.45) is 11.7 Å². The van der Waals surface area contributed by atoms with Gasteiger partial charge >= 0.3 is 12.4 Å². The largest absolute Gasteiger partial charge is 0.404 e. The number of hydrogen-bond acceptors (Lipinski definition) is 2. The second-order valence-electron chi connectivity index (χ2n) is 3.75. The van der Waals surface area contributed by atoms with E-state index >= 15 is 0 Å². The highest BCUT2D eigenvalue weighted by atomic mass is 19.4. The van der Waals surface area contributed by atoms with Crippen LogP contribution < -0.4 is 5.73 Å². The number of halogens is 6. The molecule has 0 aromatic heterocycles. The third-order valence-electron chi connectivity index (χ3n) is 2.22. The lowest BCUT2D eigenvalue weighted by Gasteiger charge is -2.28. The molecule has 8 heteroatoms. The third-order valence-corrected chi connectivity index (χ3v) is 2.22. The Balaban J connectivity index is 3.05. The summed E-state index contributed by atoms with van der Waals surface area (Å²) in [7, 11) is 0. The van der Waals surface area contributed by atoms with E-state index in [1.54, 1.807) is 0 Å². The molecule has 1 aliphatic carbocycles. The first-order valence-electron chi connectivity index (χ1n) is 4.47. The zero-order valence-electron chi connectivity index (χ0n) is 8.31. The first-order valence-corrected chi connectivity index (χ1v) is 4.47. The summed E-state index contributed by atoms with van der Waals surface area (Å²) in [6, 6.07) is 0. The molecular formula is C9H9F6NO. The van der Waals surface area contributed by atoms with Gasteiger partial charge in [0.05, 0.1) is 0 Å². The zero-order valence-corrected chi connectivity index (χ0v) is 8.31. The molecule has 0 heterocycles. The SMILES string of the molecule is NC1(O)C=CC(C(C(F)(F)F)C(F)(F)F)=CC1. The van der Waals surface area contributed by atoms with E-state index in [0.717, 1.165) is 0 Å². The van der Waals surface area contributed by atoms with E-state index in [2.05, 4.69) is 0 Å². The Labute approximate surface area is 92.4 Å². The van der Waals surface area contributed by atoms with Crippen LogP contribution >= 0.6 is 0 Å². The van der Waals surface area contributed by atoms with Gasteiger partial charge in [0.1, 0.15) is 5.72 Å². The van der Waals surface area contributed by atoms with E-state index in [1.807, 2.05) is 0 Å². The van der Waals surface area contributed by atoms with Gasteiger partial charge in [-0.1, -0.05) is 12.2 Å². The molecule has 0 saturated carbocycles. The summed E-state index contributed by atoms with van der Waals surface area (Å²) in [6.45, 7) is 0. The van der Waals surface area contributed by atoms with Crippen molar-refractivity contribution in [1.82, 2.24) is 0 Å². The van der Waals surface area contributed by atoms with E-state index in [0.29, 0.717) is 18.2 Å². The summed E-state index contributed by atoms with van der Waals surface area (Å²) in [5.41, 5.74) is 2.26. The Hall–Kier alpha value is -1.02. The van der Waals surface area contributed by atoms with Crippen LogP contribution in [-0.2, 0) is 0 Å². The Bertz CT molecular complexity index is 337. The van der Waals surface area contributed by atoms with Gasteiger partial charge in [-0.25, -0.2) is 0 Å². The van der Waals surface area contributed by atoms with Crippen molar-refractivity contribution >= 4 is 0 Å². The Morgan fingerprint density at radius 1 is 1.18 bits per heavy atom. The highest BCUT2D eigenvalue weighted by Gasteiger charge is 2.58. The lowest BCUT2D eigenvalue weighted by Crippen LogP contribution is -2.41. The maximum atomic E-state index is 12.3. The number of hydrogen-bond donors (Lipinski definition) is 2. The summed E-state index contributed by atoms with van der Waals surface area (Å²) < 4.78 is 73.8. The van der Waals surface area contributed by atoms with Gasteiger partial charge in [0.2, 0.25) is 0 Å². The topological polar surface area (TPSA) is 46.2 Å². The summed E-state index contributed by atoms with van der Waals surface area (Å²) in [5, 5.41) is 9.16. The molecular weight excluding hydrogens is 252 g/mol. The highest BCUT2D eigenvalue weighted by Crippen LogP contribution is 2.45. The van der Waals surface area contributed by atoms with Crippen molar-refractivity contribution in [1.29, 1.82) is 0 Å². The van der Waals surface area contributed by atoms with Gasteiger partial charge < -0.3 is 10.8 Å². The molecule has 0 amide bonds. The molecule has 1 aliphatic rings. The molecule has 0 fully saturated rings. The lowest BCUT2D eigenvalue weighted by atomic mass is 9.90. The van der Waals surface area contributed by atoms with Crippen molar-refractivity contribution in [2.75, 3.05) is 0 Å². The van der Waals surface area contributed by atoms with E-state index in [-0.39, 0.29) is 0 Å². The molecule has 0 bridgehead atoms. The Morgan fingerprint density at radius 2 is 1.65 bits per heavy atom. The smallest absolute Gasteiger partial charge is 0.372 e. The number of allylic oxidation sites excluding steroid dienone is 2. The first kappa shape index (κ1) is 14.0. The standard InChI is InChI=1S/C9H9F6NO/c10-8(11,12)6(9(13,14)15)5-1-3-7(16,17)4-2-5/h1-3,6,17H,4,16H2. The minimum absolute atomic E-state index is 0.499. The molecule has 0 spiro atoms. The van der Waals surface area contributed by atoms with Crippen LogP contribution in [0.15, 0.2) is 23.8 Å². The minimum Gasteiger partial charge on any atom is -0.372 e. The summed E-state index contributed by atoms with van der Waals surface area (Å²) >= 11 is 0. The number of rotatable bonds is 1. The number of aliphatic hydroxyl groups is 1. The monoisotopic (exact) mass is 261 g/mol. The third kappa shape index (κ3) is 3.47. The van der Waals surface area contributed by atoms with Crippen LogP contribution in [0.2, 0.25) is 0 Å². The van der Waals surface area contributed by atoms with E-state index in [1.165, 1.54) is 0 Å². The second kappa shape index (κ2) is 4.02. The van der Waals surface area contributed by atoms with Gasteiger partial charge in [0, 0.05) is 6.42 Å². The Morgan fingerprint density at radius 3 is 1.94 bits per heavy atom. The fraction of sp³-hybridized carbons (Fsp3) is 0.556. The van der Waals surface area contributed by atoms with Crippen LogP contribution in [0.3, 0.4) is 0 Å². The molecule has 0 saturated heterocycles. The van der Waals surface area contributed by atoms with Crippen molar-refractivity contribution in [3.05, 3.63) is 23.8 Å². The molecule has 17 heavy (non-hydrogen) atoms. The molecule has 1 unspecified atom stereocenters. The summed E-state index contributed by atoms with van der Waals surface area (Å²) in [6.07, 6.45) is -9.45. The molecule has 3 N–H and O–H groups in total. The van der Waals surface area contributed by atoms with E-state index < -0.39 is 36.0 Å². The average Bonchev–Trinajstić information content (AvgIpc) is 2.03. The van der Waals surface area contributed by atoms with Crippen molar-refractivity contribution in [3.63, 3.8) is 0 Å². The minimum atomic E-state index is -5.43. The van der Waals surface area contributed by atoms with Gasteiger partial charge in [-0.2, -0.15) is 26.3 Å². The molecule has 0 aliphatic heterocycles. The van der Waals surface area contributed by atoms with Crippen molar-refractivity contribution in [3.8, 4) is 0 Å². The zero-order chi connectivity index (χ0) is 13.5. The van der Waals surface area contributed by atoms with Gasteiger partial charge in [-0.05, 0) is 11.6 Å². The molecule has 1 atom stereocenters. The van der Waals surface area contributed by atoms with E-state index in [9.17, 15) is 26.3 Å².